The molecule has 0 aliphatic rings. The van der Waals surface area contributed by atoms with Crippen LogP contribution < -0.4 is 10.1 Å². The lowest BCUT2D eigenvalue weighted by atomic mass is 10.1. The van der Waals surface area contributed by atoms with Gasteiger partial charge in [-0.05, 0) is 39.0 Å². The van der Waals surface area contributed by atoms with E-state index in [1.54, 1.807) is 35.9 Å². The second kappa shape index (κ2) is 7.84. The first kappa shape index (κ1) is 19.0. The van der Waals surface area contributed by atoms with E-state index in [-0.39, 0.29) is 18.2 Å². The quantitative estimate of drug-likeness (QED) is 0.698. The van der Waals surface area contributed by atoms with Crippen molar-refractivity contribution in [3.8, 4) is 5.75 Å². The number of aryl methyl sites for hydroxylation is 3. The Bertz CT molecular complexity index is 977. The van der Waals surface area contributed by atoms with E-state index < -0.39 is 0 Å². The fraction of sp³-hybridized carbons (Fsp3) is 0.316. The number of hydrogen-bond acceptors (Lipinski definition) is 5. The molecule has 2 aromatic heterocycles. The summed E-state index contributed by atoms with van der Waals surface area (Å²) in [5, 5.41) is 11.7. The molecule has 1 N–H and O–H groups in total. The Kier molecular flexibility index (Phi) is 5.51. The number of nitrogens with one attached hydrogen (secondary N) is 1. The molecule has 8 heteroatoms. The number of carbonyl (C=O) groups excluding carboxylic acids is 1. The molecule has 3 aromatic rings. The van der Waals surface area contributed by atoms with Crippen LogP contribution in [0.5, 0.6) is 5.75 Å². The minimum atomic E-state index is -0.320. The van der Waals surface area contributed by atoms with E-state index in [2.05, 4.69) is 15.6 Å². The lowest BCUT2D eigenvalue weighted by molar-refractivity contribution is 0.0939. The molecule has 1 aromatic carbocycles. The van der Waals surface area contributed by atoms with Crippen molar-refractivity contribution in [1.82, 2.24) is 20.3 Å². The molecule has 0 fully saturated rings. The summed E-state index contributed by atoms with van der Waals surface area (Å²) >= 11 is 5.96. The van der Waals surface area contributed by atoms with Gasteiger partial charge in [0.25, 0.3) is 5.91 Å². The highest BCUT2D eigenvalue weighted by molar-refractivity contribution is 6.30. The van der Waals surface area contributed by atoms with Crippen LogP contribution in [0.2, 0.25) is 5.02 Å². The molecule has 0 bridgehead atoms. The summed E-state index contributed by atoms with van der Waals surface area (Å²) < 4.78 is 12.7. The van der Waals surface area contributed by atoms with Crippen molar-refractivity contribution in [2.75, 3.05) is 0 Å². The molecule has 2 heterocycles. The monoisotopic (exact) mass is 388 g/mol. The van der Waals surface area contributed by atoms with Gasteiger partial charge in [0, 0.05) is 29.9 Å². The van der Waals surface area contributed by atoms with Gasteiger partial charge < -0.3 is 14.6 Å². The molecule has 1 amide bonds. The van der Waals surface area contributed by atoms with Gasteiger partial charge in [-0.3, -0.25) is 9.48 Å². The third-order valence-electron chi connectivity index (χ3n) is 4.46. The number of amides is 1. The van der Waals surface area contributed by atoms with Gasteiger partial charge in [0.1, 0.15) is 18.1 Å². The molecule has 27 heavy (non-hydrogen) atoms. The maximum Gasteiger partial charge on any atom is 0.274 e. The van der Waals surface area contributed by atoms with Crippen LogP contribution in [0.3, 0.4) is 0 Å². The van der Waals surface area contributed by atoms with Gasteiger partial charge in [-0.1, -0.05) is 22.8 Å². The van der Waals surface area contributed by atoms with E-state index in [9.17, 15) is 4.79 Å². The Balaban J connectivity index is 1.70. The molecular formula is C19H21ClN4O3. The van der Waals surface area contributed by atoms with Crippen LogP contribution in [-0.2, 0) is 20.2 Å². The van der Waals surface area contributed by atoms with Crippen molar-refractivity contribution in [2.45, 2.75) is 33.9 Å². The number of hydrogen-bond donors (Lipinski definition) is 1. The lowest BCUT2D eigenvalue weighted by Crippen LogP contribution is -2.25. The van der Waals surface area contributed by atoms with Crippen molar-refractivity contribution < 1.29 is 14.1 Å². The standard InChI is InChI=1S/C19H21ClN4O3/c1-11-16(12(2)24(4)22-11)9-21-19(25)18-17(13(3)27-23-18)10-26-15-7-5-6-14(20)8-15/h5-8H,9-10H2,1-4H3,(H,21,25). The molecular weight excluding hydrogens is 368 g/mol. The minimum Gasteiger partial charge on any atom is -0.489 e. The zero-order chi connectivity index (χ0) is 19.6. The van der Waals surface area contributed by atoms with Crippen molar-refractivity contribution in [3.63, 3.8) is 0 Å². The van der Waals surface area contributed by atoms with Gasteiger partial charge >= 0.3 is 0 Å². The molecule has 0 aliphatic carbocycles. The van der Waals surface area contributed by atoms with Gasteiger partial charge in [-0.2, -0.15) is 5.10 Å². The Morgan fingerprint density at radius 1 is 1.30 bits per heavy atom. The summed E-state index contributed by atoms with van der Waals surface area (Å²) in [6, 6.07) is 7.06. The van der Waals surface area contributed by atoms with Crippen molar-refractivity contribution in [3.05, 3.63) is 63.3 Å². The third-order valence-corrected chi connectivity index (χ3v) is 4.70. The first-order valence-electron chi connectivity index (χ1n) is 8.47. The summed E-state index contributed by atoms with van der Waals surface area (Å²) in [5.41, 5.74) is 3.70. The van der Waals surface area contributed by atoms with Crippen LogP contribution >= 0.6 is 11.6 Å². The fourth-order valence-corrected chi connectivity index (χ4v) is 2.96. The number of aromatic nitrogens is 3. The molecule has 0 saturated carbocycles. The smallest absolute Gasteiger partial charge is 0.274 e. The Morgan fingerprint density at radius 2 is 2.07 bits per heavy atom. The normalized spacial score (nSPS) is 10.9. The van der Waals surface area contributed by atoms with E-state index in [1.807, 2.05) is 20.9 Å². The number of benzene rings is 1. The second-order valence-electron chi connectivity index (χ2n) is 6.27. The second-order valence-corrected chi connectivity index (χ2v) is 6.70. The van der Waals surface area contributed by atoms with Gasteiger partial charge in [-0.25, -0.2) is 0 Å². The Labute approximate surface area is 162 Å². The highest BCUT2D eigenvalue weighted by Gasteiger charge is 2.21. The maximum atomic E-state index is 12.6. The molecule has 0 radical (unpaired) electrons. The fourth-order valence-electron chi connectivity index (χ4n) is 2.78. The van der Waals surface area contributed by atoms with E-state index in [0.717, 1.165) is 17.0 Å². The van der Waals surface area contributed by atoms with Crippen molar-refractivity contribution in [2.24, 2.45) is 7.05 Å². The average Bonchev–Trinajstić information content (AvgIpc) is 3.11. The first-order chi connectivity index (χ1) is 12.9. The zero-order valence-corrected chi connectivity index (χ0v) is 16.4. The highest BCUT2D eigenvalue weighted by Crippen LogP contribution is 2.21. The maximum absolute atomic E-state index is 12.6. The topological polar surface area (TPSA) is 82.2 Å². The summed E-state index contributed by atoms with van der Waals surface area (Å²) in [7, 11) is 1.87. The van der Waals surface area contributed by atoms with E-state index >= 15 is 0 Å². The largest absolute Gasteiger partial charge is 0.489 e. The molecule has 0 unspecified atom stereocenters. The SMILES string of the molecule is Cc1nn(C)c(C)c1CNC(=O)c1noc(C)c1COc1cccc(Cl)c1. The minimum absolute atomic E-state index is 0.156. The summed E-state index contributed by atoms with van der Waals surface area (Å²) in [4.78, 5) is 12.6. The molecule has 0 aliphatic heterocycles. The van der Waals surface area contributed by atoms with E-state index in [4.69, 9.17) is 20.9 Å². The predicted molar refractivity (Wildman–Crippen MR) is 101 cm³/mol. The third kappa shape index (κ3) is 4.14. The molecule has 142 valence electrons. The predicted octanol–water partition coefficient (Wildman–Crippen LogP) is 3.50. The van der Waals surface area contributed by atoms with Crippen LogP contribution in [0.4, 0.5) is 0 Å². The molecule has 0 atom stereocenters. The van der Waals surface area contributed by atoms with Crippen molar-refractivity contribution >= 4 is 17.5 Å². The molecule has 3 rings (SSSR count). The summed E-state index contributed by atoms with van der Waals surface area (Å²) in [6.07, 6.45) is 0. The average molecular weight is 389 g/mol. The van der Waals surface area contributed by atoms with E-state index in [0.29, 0.717) is 28.6 Å². The first-order valence-corrected chi connectivity index (χ1v) is 8.85. The number of rotatable bonds is 6. The number of carbonyl (C=O) groups is 1. The number of nitrogens with zero attached hydrogens (tertiary/aromatic N) is 3. The van der Waals surface area contributed by atoms with Crippen LogP contribution in [0, 0.1) is 20.8 Å². The molecule has 0 spiro atoms. The highest BCUT2D eigenvalue weighted by atomic mass is 35.5. The van der Waals surface area contributed by atoms with E-state index in [1.165, 1.54) is 0 Å². The van der Waals surface area contributed by atoms with Crippen LogP contribution in [-0.4, -0.2) is 20.8 Å². The van der Waals surface area contributed by atoms with Gasteiger partial charge in [0.05, 0.1) is 11.3 Å². The van der Waals surface area contributed by atoms with Crippen LogP contribution in [0.1, 0.15) is 38.8 Å². The zero-order valence-electron chi connectivity index (χ0n) is 15.7. The summed E-state index contributed by atoms with van der Waals surface area (Å²) in [5.74, 6) is 0.825. The number of ether oxygens (including phenoxy) is 1. The Morgan fingerprint density at radius 3 is 2.74 bits per heavy atom. The Hall–Kier alpha value is -2.80. The van der Waals surface area contributed by atoms with Gasteiger partial charge in [0.15, 0.2) is 5.69 Å². The van der Waals surface area contributed by atoms with Gasteiger partial charge in [-0.15, -0.1) is 0 Å². The lowest BCUT2D eigenvalue weighted by Gasteiger charge is -2.08. The summed E-state index contributed by atoms with van der Waals surface area (Å²) in [6.45, 7) is 6.15. The molecule has 7 nitrogen and oxygen atoms in total. The van der Waals surface area contributed by atoms with Crippen LogP contribution in [0.15, 0.2) is 28.8 Å². The molecule has 0 saturated heterocycles. The number of halogens is 1. The van der Waals surface area contributed by atoms with Crippen molar-refractivity contribution in [1.29, 1.82) is 0 Å². The van der Waals surface area contributed by atoms with Gasteiger partial charge in [0.2, 0.25) is 0 Å². The van der Waals surface area contributed by atoms with Crippen LogP contribution in [0.25, 0.3) is 0 Å².